The van der Waals surface area contributed by atoms with E-state index in [1.165, 1.54) is 0 Å². The average molecular weight is 397 g/mol. The van der Waals surface area contributed by atoms with Crippen molar-refractivity contribution in [3.8, 4) is 0 Å². The normalized spacial score (nSPS) is 14.6. The van der Waals surface area contributed by atoms with Crippen molar-refractivity contribution in [1.82, 2.24) is 14.5 Å². The average Bonchev–Trinajstić information content (AvgIpc) is 3.27. The molecule has 1 saturated heterocycles. The summed E-state index contributed by atoms with van der Waals surface area (Å²) in [5, 5.41) is 3.51. The van der Waals surface area contributed by atoms with E-state index in [0.717, 1.165) is 46.9 Å². The number of benzene rings is 1. The largest absolute Gasteiger partial charge is 0.325 e. The molecule has 1 amide bonds. The van der Waals surface area contributed by atoms with E-state index in [-0.39, 0.29) is 18.0 Å². The highest BCUT2D eigenvalue weighted by molar-refractivity contribution is 7.18. The summed E-state index contributed by atoms with van der Waals surface area (Å²) in [4.78, 5) is 34.9. The summed E-state index contributed by atoms with van der Waals surface area (Å²) in [7, 11) is 0. The first-order valence-electron chi connectivity index (χ1n) is 9.59. The van der Waals surface area contributed by atoms with Crippen LogP contribution in [-0.4, -0.2) is 33.4 Å². The SMILES string of the molecule is Cc1sc2nc(CN3CCCC3)n(CC(=O)Nc3ccccc3)c(=O)c2c1C. The number of hydrogen-bond acceptors (Lipinski definition) is 5. The molecule has 2 aromatic heterocycles. The Morgan fingerprint density at radius 3 is 2.61 bits per heavy atom. The number of rotatable bonds is 5. The van der Waals surface area contributed by atoms with E-state index >= 15 is 0 Å². The van der Waals surface area contributed by atoms with Crippen LogP contribution in [0.2, 0.25) is 0 Å². The van der Waals surface area contributed by atoms with Gasteiger partial charge in [-0.1, -0.05) is 18.2 Å². The molecule has 0 spiro atoms. The summed E-state index contributed by atoms with van der Waals surface area (Å²) in [5.74, 6) is 0.450. The molecule has 28 heavy (non-hydrogen) atoms. The van der Waals surface area contributed by atoms with Gasteiger partial charge in [0.15, 0.2) is 0 Å². The summed E-state index contributed by atoms with van der Waals surface area (Å²) in [6, 6.07) is 9.30. The predicted molar refractivity (Wildman–Crippen MR) is 113 cm³/mol. The van der Waals surface area contributed by atoms with E-state index < -0.39 is 0 Å². The molecule has 1 aliphatic rings. The zero-order chi connectivity index (χ0) is 19.7. The number of hydrogen-bond donors (Lipinski definition) is 1. The molecule has 0 bridgehead atoms. The molecule has 7 heteroatoms. The Balaban J connectivity index is 1.71. The molecule has 3 heterocycles. The number of aryl methyl sites for hydroxylation is 2. The molecule has 3 aromatic rings. The first-order chi connectivity index (χ1) is 13.5. The first-order valence-corrected chi connectivity index (χ1v) is 10.4. The van der Waals surface area contributed by atoms with Gasteiger partial charge in [0.05, 0.1) is 11.9 Å². The van der Waals surface area contributed by atoms with Crippen LogP contribution in [0.15, 0.2) is 35.1 Å². The fraction of sp³-hybridized carbons (Fsp3) is 0.381. The van der Waals surface area contributed by atoms with E-state index in [9.17, 15) is 9.59 Å². The van der Waals surface area contributed by atoms with Gasteiger partial charge >= 0.3 is 0 Å². The number of fused-ring (bicyclic) bond motifs is 1. The molecule has 1 fully saturated rings. The molecule has 0 aliphatic carbocycles. The van der Waals surface area contributed by atoms with Gasteiger partial charge in [-0.3, -0.25) is 19.1 Å². The van der Waals surface area contributed by atoms with Crippen molar-refractivity contribution in [2.45, 2.75) is 39.8 Å². The molecule has 1 aliphatic heterocycles. The Bertz CT molecular complexity index is 1070. The van der Waals surface area contributed by atoms with Crippen LogP contribution in [0.5, 0.6) is 0 Å². The van der Waals surface area contributed by atoms with Crippen LogP contribution in [0.4, 0.5) is 5.69 Å². The minimum Gasteiger partial charge on any atom is -0.325 e. The summed E-state index contributed by atoms with van der Waals surface area (Å²) in [5.41, 5.74) is 1.56. The van der Waals surface area contributed by atoms with Gasteiger partial charge < -0.3 is 5.32 Å². The van der Waals surface area contributed by atoms with Crippen molar-refractivity contribution in [1.29, 1.82) is 0 Å². The van der Waals surface area contributed by atoms with Gasteiger partial charge in [0.25, 0.3) is 5.56 Å². The van der Waals surface area contributed by atoms with Crippen molar-refractivity contribution in [2.75, 3.05) is 18.4 Å². The summed E-state index contributed by atoms with van der Waals surface area (Å²) in [6.45, 7) is 6.53. The molecule has 0 radical (unpaired) electrons. The number of aromatic nitrogens is 2. The Kier molecular flexibility index (Phi) is 5.28. The van der Waals surface area contributed by atoms with E-state index in [1.807, 2.05) is 44.2 Å². The third-order valence-electron chi connectivity index (χ3n) is 5.29. The molecule has 1 aromatic carbocycles. The molecule has 4 rings (SSSR count). The monoisotopic (exact) mass is 396 g/mol. The van der Waals surface area contributed by atoms with Crippen LogP contribution in [0, 0.1) is 13.8 Å². The quantitative estimate of drug-likeness (QED) is 0.719. The third-order valence-corrected chi connectivity index (χ3v) is 6.39. The molecule has 146 valence electrons. The second-order valence-corrected chi connectivity index (χ2v) is 8.48. The molecule has 1 N–H and O–H groups in total. The molecule has 0 saturated carbocycles. The minimum absolute atomic E-state index is 0.0336. The zero-order valence-corrected chi connectivity index (χ0v) is 17.0. The van der Waals surface area contributed by atoms with Crippen LogP contribution in [0.1, 0.15) is 29.1 Å². The number of carbonyl (C=O) groups excluding carboxylic acids is 1. The lowest BCUT2D eigenvalue weighted by atomic mass is 10.2. The maximum Gasteiger partial charge on any atom is 0.263 e. The maximum absolute atomic E-state index is 13.3. The lowest BCUT2D eigenvalue weighted by molar-refractivity contribution is -0.116. The Hall–Kier alpha value is -2.51. The summed E-state index contributed by atoms with van der Waals surface area (Å²) >= 11 is 1.55. The van der Waals surface area contributed by atoms with Crippen molar-refractivity contribution < 1.29 is 4.79 Å². The number of anilines is 1. The van der Waals surface area contributed by atoms with Gasteiger partial charge in [0, 0.05) is 10.6 Å². The molecular weight excluding hydrogens is 372 g/mol. The topological polar surface area (TPSA) is 67.2 Å². The van der Waals surface area contributed by atoms with E-state index in [4.69, 9.17) is 4.98 Å². The first kappa shape index (κ1) is 18.8. The number of para-hydroxylation sites is 1. The molecule has 0 unspecified atom stereocenters. The van der Waals surface area contributed by atoms with Crippen LogP contribution in [-0.2, 0) is 17.9 Å². The highest BCUT2D eigenvalue weighted by Gasteiger charge is 2.21. The van der Waals surface area contributed by atoms with E-state index in [1.54, 1.807) is 15.9 Å². The number of amides is 1. The number of nitrogens with zero attached hydrogens (tertiary/aromatic N) is 3. The van der Waals surface area contributed by atoms with Gasteiger partial charge in [0.1, 0.15) is 17.2 Å². The number of nitrogens with one attached hydrogen (secondary N) is 1. The minimum atomic E-state index is -0.221. The van der Waals surface area contributed by atoms with Crippen molar-refractivity contribution >= 4 is 33.1 Å². The number of likely N-dealkylation sites (tertiary alicyclic amines) is 1. The standard InChI is InChI=1S/C21H24N4O2S/c1-14-15(2)28-20-19(14)21(27)25(17(23-20)12-24-10-6-7-11-24)13-18(26)22-16-8-4-3-5-9-16/h3-5,8-9H,6-7,10-13H2,1-2H3,(H,22,26). The highest BCUT2D eigenvalue weighted by atomic mass is 32.1. The predicted octanol–water partition coefficient (Wildman–Crippen LogP) is 3.31. The van der Waals surface area contributed by atoms with Gasteiger partial charge in [-0.05, 0) is 57.5 Å². The zero-order valence-electron chi connectivity index (χ0n) is 16.2. The Morgan fingerprint density at radius 1 is 1.18 bits per heavy atom. The van der Waals surface area contributed by atoms with Crippen LogP contribution >= 0.6 is 11.3 Å². The molecule has 6 nitrogen and oxygen atoms in total. The lowest BCUT2D eigenvalue weighted by Gasteiger charge is -2.18. The lowest BCUT2D eigenvalue weighted by Crippen LogP contribution is -2.33. The molecular formula is C21H24N4O2S. The van der Waals surface area contributed by atoms with Gasteiger partial charge in [-0.25, -0.2) is 4.98 Å². The Labute approximate surface area is 167 Å². The van der Waals surface area contributed by atoms with Crippen molar-refractivity contribution in [3.63, 3.8) is 0 Å². The van der Waals surface area contributed by atoms with E-state index in [0.29, 0.717) is 17.8 Å². The fourth-order valence-electron chi connectivity index (χ4n) is 3.66. The highest BCUT2D eigenvalue weighted by Crippen LogP contribution is 2.26. The molecule has 0 atom stereocenters. The van der Waals surface area contributed by atoms with E-state index in [2.05, 4.69) is 10.2 Å². The van der Waals surface area contributed by atoms with Crippen LogP contribution < -0.4 is 10.9 Å². The van der Waals surface area contributed by atoms with Gasteiger partial charge in [-0.15, -0.1) is 11.3 Å². The van der Waals surface area contributed by atoms with Crippen LogP contribution in [0.3, 0.4) is 0 Å². The van der Waals surface area contributed by atoms with Crippen molar-refractivity contribution in [3.05, 3.63) is 57.0 Å². The van der Waals surface area contributed by atoms with Gasteiger partial charge in [0.2, 0.25) is 5.91 Å². The summed E-state index contributed by atoms with van der Waals surface area (Å²) in [6.07, 6.45) is 2.33. The Morgan fingerprint density at radius 2 is 1.89 bits per heavy atom. The van der Waals surface area contributed by atoms with Crippen molar-refractivity contribution in [2.24, 2.45) is 0 Å². The number of carbonyl (C=O) groups is 1. The fourth-order valence-corrected chi connectivity index (χ4v) is 4.70. The second-order valence-electron chi connectivity index (χ2n) is 7.28. The smallest absolute Gasteiger partial charge is 0.263 e. The third kappa shape index (κ3) is 3.72. The van der Waals surface area contributed by atoms with Gasteiger partial charge in [-0.2, -0.15) is 0 Å². The van der Waals surface area contributed by atoms with Crippen LogP contribution in [0.25, 0.3) is 10.2 Å². The second kappa shape index (κ2) is 7.85. The summed E-state index contributed by atoms with van der Waals surface area (Å²) < 4.78 is 1.55. The maximum atomic E-state index is 13.3. The number of thiophene rings is 1.